The van der Waals surface area contributed by atoms with Gasteiger partial charge >= 0.3 is 0 Å². The number of anilines is 1. The van der Waals surface area contributed by atoms with Gasteiger partial charge in [-0.05, 0) is 38.5 Å². The molecular weight excluding hydrogens is 276 g/mol. The van der Waals surface area contributed by atoms with E-state index in [2.05, 4.69) is 28.9 Å². The summed E-state index contributed by atoms with van der Waals surface area (Å²) < 4.78 is 1.98. The fourth-order valence-electron chi connectivity index (χ4n) is 3.26. The molecule has 2 aromatic heterocycles. The lowest BCUT2D eigenvalue weighted by molar-refractivity contribution is 0.208. The molecule has 0 spiro atoms. The summed E-state index contributed by atoms with van der Waals surface area (Å²) >= 11 is 0. The second kappa shape index (κ2) is 6.65. The zero-order valence-electron chi connectivity index (χ0n) is 13.6. The van der Waals surface area contributed by atoms with Crippen molar-refractivity contribution in [1.29, 1.82) is 0 Å². The summed E-state index contributed by atoms with van der Waals surface area (Å²) in [7, 11) is 0. The molecule has 2 aromatic rings. The Hall–Kier alpha value is -1.62. The number of hydrogen-bond acceptors (Lipinski definition) is 4. The SMILES string of the molecule is CCCCc1cc2nc(C)cc(N3CCC[C@H](CO)C3)n2n1. The molecular formula is C17H26N4O. The quantitative estimate of drug-likeness (QED) is 0.922. The van der Waals surface area contributed by atoms with Gasteiger partial charge in [-0.25, -0.2) is 4.98 Å². The molecule has 1 N–H and O–H groups in total. The third-order valence-corrected chi connectivity index (χ3v) is 4.47. The number of fused-ring (bicyclic) bond motifs is 1. The van der Waals surface area contributed by atoms with Gasteiger partial charge in [0.1, 0.15) is 5.82 Å². The van der Waals surface area contributed by atoms with E-state index >= 15 is 0 Å². The molecule has 0 aromatic carbocycles. The molecule has 1 atom stereocenters. The van der Waals surface area contributed by atoms with Gasteiger partial charge in [-0.15, -0.1) is 0 Å². The van der Waals surface area contributed by atoms with Crippen LogP contribution < -0.4 is 4.90 Å². The molecule has 3 heterocycles. The molecule has 1 fully saturated rings. The molecule has 1 aliphatic heterocycles. The Kier molecular flexibility index (Phi) is 4.62. The number of aliphatic hydroxyl groups is 1. The van der Waals surface area contributed by atoms with Crippen molar-refractivity contribution in [2.45, 2.75) is 46.0 Å². The van der Waals surface area contributed by atoms with E-state index in [1.54, 1.807) is 0 Å². The lowest BCUT2D eigenvalue weighted by Gasteiger charge is -2.33. The van der Waals surface area contributed by atoms with E-state index < -0.39 is 0 Å². The summed E-state index contributed by atoms with van der Waals surface area (Å²) in [6.07, 6.45) is 5.59. The second-order valence-corrected chi connectivity index (χ2v) is 6.40. The average molecular weight is 302 g/mol. The van der Waals surface area contributed by atoms with E-state index in [1.165, 1.54) is 6.42 Å². The minimum Gasteiger partial charge on any atom is -0.396 e. The molecule has 5 heteroatoms. The van der Waals surface area contributed by atoms with Crippen molar-refractivity contribution < 1.29 is 5.11 Å². The number of nitrogens with zero attached hydrogens (tertiary/aromatic N) is 4. The molecule has 0 saturated carbocycles. The summed E-state index contributed by atoms with van der Waals surface area (Å²) in [5, 5.41) is 14.2. The van der Waals surface area contributed by atoms with Gasteiger partial charge in [0.05, 0.1) is 5.69 Å². The van der Waals surface area contributed by atoms with E-state index in [-0.39, 0.29) is 6.61 Å². The Bertz CT molecular complexity index is 637. The number of piperidine rings is 1. The fourth-order valence-corrected chi connectivity index (χ4v) is 3.26. The normalized spacial score (nSPS) is 19.0. The van der Waals surface area contributed by atoms with Crippen LogP contribution in [0.25, 0.3) is 5.65 Å². The van der Waals surface area contributed by atoms with Crippen LogP contribution in [0.4, 0.5) is 5.82 Å². The van der Waals surface area contributed by atoms with Crippen molar-refractivity contribution in [2.24, 2.45) is 5.92 Å². The molecule has 0 bridgehead atoms. The van der Waals surface area contributed by atoms with Crippen molar-refractivity contribution in [2.75, 3.05) is 24.6 Å². The highest BCUT2D eigenvalue weighted by Crippen LogP contribution is 2.24. The van der Waals surface area contributed by atoms with E-state index in [4.69, 9.17) is 5.10 Å². The molecule has 0 unspecified atom stereocenters. The topological polar surface area (TPSA) is 53.7 Å². The van der Waals surface area contributed by atoms with Gasteiger partial charge in [0, 0.05) is 37.5 Å². The van der Waals surface area contributed by atoms with Gasteiger partial charge in [0.25, 0.3) is 0 Å². The highest BCUT2D eigenvalue weighted by atomic mass is 16.3. The maximum atomic E-state index is 9.46. The molecule has 120 valence electrons. The highest BCUT2D eigenvalue weighted by Gasteiger charge is 2.22. The first kappa shape index (κ1) is 15.3. The van der Waals surface area contributed by atoms with Crippen molar-refractivity contribution >= 4 is 11.5 Å². The van der Waals surface area contributed by atoms with Crippen molar-refractivity contribution in [1.82, 2.24) is 14.6 Å². The maximum absolute atomic E-state index is 9.46. The number of rotatable bonds is 5. The standard InChI is InChI=1S/C17H26N4O/c1-3-4-7-15-10-16-18-13(2)9-17(21(16)19-15)20-8-5-6-14(11-20)12-22/h9-10,14,22H,3-8,11-12H2,1-2H3/t14-/m0/s1. The van der Waals surface area contributed by atoms with Crippen LogP contribution >= 0.6 is 0 Å². The summed E-state index contributed by atoms with van der Waals surface area (Å²) in [5.74, 6) is 1.48. The first-order chi connectivity index (χ1) is 10.7. The van der Waals surface area contributed by atoms with Crippen molar-refractivity contribution in [3.05, 3.63) is 23.5 Å². The third kappa shape index (κ3) is 3.09. The summed E-state index contributed by atoms with van der Waals surface area (Å²) in [4.78, 5) is 6.97. The van der Waals surface area contributed by atoms with Crippen molar-refractivity contribution in [3.8, 4) is 0 Å². The lowest BCUT2D eigenvalue weighted by Crippen LogP contribution is -2.38. The maximum Gasteiger partial charge on any atom is 0.157 e. The van der Waals surface area contributed by atoms with Gasteiger partial charge in [0.2, 0.25) is 0 Å². The Morgan fingerprint density at radius 2 is 2.23 bits per heavy atom. The van der Waals surface area contributed by atoms with Crippen LogP contribution in [-0.4, -0.2) is 39.4 Å². The molecule has 1 aliphatic rings. The van der Waals surface area contributed by atoms with Crippen LogP contribution in [0.5, 0.6) is 0 Å². The van der Waals surface area contributed by atoms with Gasteiger partial charge < -0.3 is 10.0 Å². The zero-order chi connectivity index (χ0) is 15.5. The molecule has 3 rings (SSSR count). The Morgan fingerprint density at radius 1 is 1.36 bits per heavy atom. The van der Waals surface area contributed by atoms with E-state index in [0.29, 0.717) is 5.92 Å². The zero-order valence-corrected chi connectivity index (χ0v) is 13.6. The van der Waals surface area contributed by atoms with Gasteiger partial charge in [-0.2, -0.15) is 9.61 Å². The first-order valence-corrected chi connectivity index (χ1v) is 8.43. The highest BCUT2D eigenvalue weighted by molar-refractivity contribution is 5.52. The number of hydrogen-bond donors (Lipinski definition) is 1. The largest absolute Gasteiger partial charge is 0.396 e. The predicted molar refractivity (Wildman–Crippen MR) is 88.4 cm³/mol. The molecule has 0 aliphatic carbocycles. The van der Waals surface area contributed by atoms with Gasteiger partial charge in [-0.1, -0.05) is 13.3 Å². The van der Waals surface area contributed by atoms with Gasteiger partial charge in [0.15, 0.2) is 5.65 Å². The van der Waals surface area contributed by atoms with E-state index in [0.717, 1.165) is 61.6 Å². The van der Waals surface area contributed by atoms with Crippen LogP contribution in [0.3, 0.4) is 0 Å². The third-order valence-electron chi connectivity index (χ3n) is 4.47. The summed E-state index contributed by atoms with van der Waals surface area (Å²) in [6.45, 7) is 6.44. The van der Waals surface area contributed by atoms with Crippen LogP contribution in [0.2, 0.25) is 0 Å². The molecule has 0 amide bonds. The first-order valence-electron chi connectivity index (χ1n) is 8.43. The molecule has 22 heavy (non-hydrogen) atoms. The number of aromatic nitrogens is 3. The van der Waals surface area contributed by atoms with Crippen molar-refractivity contribution in [3.63, 3.8) is 0 Å². The van der Waals surface area contributed by atoms with Crippen LogP contribution in [0, 0.1) is 12.8 Å². The molecule has 5 nitrogen and oxygen atoms in total. The predicted octanol–water partition coefficient (Wildman–Crippen LogP) is 2.59. The fraction of sp³-hybridized carbons (Fsp3) is 0.647. The minimum atomic E-state index is 0.268. The Labute approximate surface area is 132 Å². The van der Waals surface area contributed by atoms with E-state index in [1.807, 2.05) is 11.4 Å². The molecule has 1 saturated heterocycles. The average Bonchev–Trinajstić information content (AvgIpc) is 2.94. The molecule has 0 radical (unpaired) electrons. The summed E-state index contributed by atoms with van der Waals surface area (Å²) in [6, 6.07) is 4.23. The smallest absolute Gasteiger partial charge is 0.157 e. The van der Waals surface area contributed by atoms with Crippen LogP contribution in [0.15, 0.2) is 12.1 Å². The van der Waals surface area contributed by atoms with Crippen LogP contribution in [0.1, 0.15) is 44.0 Å². The Morgan fingerprint density at radius 3 is 3.00 bits per heavy atom. The van der Waals surface area contributed by atoms with E-state index in [9.17, 15) is 5.11 Å². The van der Waals surface area contributed by atoms with Crippen LogP contribution in [-0.2, 0) is 6.42 Å². The number of unbranched alkanes of at least 4 members (excludes halogenated alkanes) is 1. The Balaban J connectivity index is 1.95. The minimum absolute atomic E-state index is 0.268. The monoisotopic (exact) mass is 302 g/mol. The lowest BCUT2D eigenvalue weighted by atomic mass is 9.99. The second-order valence-electron chi connectivity index (χ2n) is 6.40. The summed E-state index contributed by atoms with van der Waals surface area (Å²) in [5.41, 5.74) is 3.08. The number of aliphatic hydroxyl groups excluding tert-OH is 1. The van der Waals surface area contributed by atoms with Gasteiger partial charge in [-0.3, -0.25) is 0 Å². The number of aryl methyl sites for hydroxylation is 2.